The molecular formula is C15H15Cl2N3O. The Morgan fingerprint density at radius 3 is 2.67 bits per heavy atom. The molecule has 0 aliphatic heterocycles. The maximum atomic E-state index is 12.1. The van der Waals surface area contributed by atoms with Gasteiger partial charge in [-0.1, -0.05) is 53.5 Å². The van der Waals surface area contributed by atoms with E-state index in [1.807, 2.05) is 25.1 Å². The number of nitrogens with zero attached hydrogens (tertiary/aromatic N) is 2. The lowest BCUT2D eigenvalue weighted by molar-refractivity contribution is 0.0938. The van der Waals surface area contributed by atoms with Crippen LogP contribution < -0.4 is 5.32 Å². The number of carbonyl (C=O) groups is 1. The molecule has 1 atom stereocenters. The Morgan fingerprint density at radius 2 is 1.95 bits per heavy atom. The number of amides is 1. The van der Waals surface area contributed by atoms with E-state index < -0.39 is 0 Å². The molecule has 0 bridgehead atoms. The zero-order valence-corrected chi connectivity index (χ0v) is 13.0. The van der Waals surface area contributed by atoms with Gasteiger partial charge in [0.2, 0.25) is 0 Å². The van der Waals surface area contributed by atoms with E-state index in [1.54, 1.807) is 0 Å². The highest BCUT2D eigenvalue weighted by Gasteiger charge is 2.15. The molecule has 4 nitrogen and oxygen atoms in total. The van der Waals surface area contributed by atoms with Crippen LogP contribution in [-0.2, 0) is 6.42 Å². The standard InChI is InChI=1S/C15H15Cl2N3O/c1-10(7-8-11-5-3-2-4-6-11)18-15(21)12-9-13(16)19-20-14(12)17/h2-6,9-10H,7-8H2,1H3,(H,18,21). The van der Waals surface area contributed by atoms with Crippen LogP contribution in [0, 0.1) is 0 Å². The van der Waals surface area contributed by atoms with Gasteiger partial charge < -0.3 is 5.32 Å². The fraction of sp³-hybridized carbons (Fsp3) is 0.267. The molecule has 1 N–H and O–H groups in total. The number of halogens is 2. The van der Waals surface area contributed by atoms with Crippen LogP contribution in [0.15, 0.2) is 36.4 Å². The van der Waals surface area contributed by atoms with Crippen molar-refractivity contribution in [2.45, 2.75) is 25.8 Å². The molecule has 1 aromatic carbocycles. The molecular weight excluding hydrogens is 309 g/mol. The maximum Gasteiger partial charge on any atom is 0.254 e. The second kappa shape index (κ2) is 7.38. The summed E-state index contributed by atoms with van der Waals surface area (Å²) in [6.07, 6.45) is 1.73. The number of aryl methyl sites for hydroxylation is 1. The van der Waals surface area contributed by atoms with Crippen LogP contribution in [0.25, 0.3) is 0 Å². The topological polar surface area (TPSA) is 54.9 Å². The second-order valence-electron chi connectivity index (χ2n) is 4.77. The van der Waals surface area contributed by atoms with Crippen molar-refractivity contribution >= 4 is 29.1 Å². The van der Waals surface area contributed by atoms with Crippen molar-refractivity contribution in [3.05, 3.63) is 57.8 Å². The molecule has 0 saturated heterocycles. The van der Waals surface area contributed by atoms with Crippen molar-refractivity contribution in [2.24, 2.45) is 0 Å². The minimum atomic E-state index is -0.294. The van der Waals surface area contributed by atoms with Crippen molar-refractivity contribution < 1.29 is 4.79 Å². The summed E-state index contributed by atoms with van der Waals surface area (Å²) in [6.45, 7) is 1.95. The van der Waals surface area contributed by atoms with Gasteiger partial charge in [-0.25, -0.2) is 0 Å². The van der Waals surface area contributed by atoms with Gasteiger partial charge in [-0.05, 0) is 31.4 Å². The first kappa shape index (κ1) is 15.7. The van der Waals surface area contributed by atoms with Gasteiger partial charge >= 0.3 is 0 Å². The summed E-state index contributed by atoms with van der Waals surface area (Å²) in [6, 6.07) is 11.6. The fourth-order valence-electron chi connectivity index (χ4n) is 1.91. The predicted octanol–water partition coefficient (Wildman–Crippen LogP) is 3.53. The minimum Gasteiger partial charge on any atom is -0.349 e. The molecule has 0 spiro atoms. The summed E-state index contributed by atoms with van der Waals surface area (Å²) in [5, 5.41) is 10.3. The lowest BCUT2D eigenvalue weighted by atomic mass is 10.1. The van der Waals surface area contributed by atoms with E-state index in [2.05, 4.69) is 27.6 Å². The van der Waals surface area contributed by atoms with Gasteiger partial charge in [0.05, 0.1) is 5.56 Å². The van der Waals surface area contributed by atoms with Gasteiger partial charge in [0.25, 0.3) is 5.91 Å². The molecule has 2 rings (SSSR count). The van der Waals surface area contributed by atoms with E-state index in [0.29, 0.717) is 0 Å². The highest BCUT2D eigenvalue weighted by Crippen LogP contribution is 2.15. The summed E-state index contributed by atoms with van der Waals surface area (Å²) in [5.41, 5.74) is 1.48. The van der Waals surface area contributed by atoms with Crippen molar-refractivity contribution in [3.8, 4) is 0 Å². The number of carbonyl (C=O) groups excluding carboxylic acids is 1. The summed E-state index contributed by atoms with van der Waals surface area (Å²) in [7, 11) is 0. The molecule has 6 heteroatoms. The molecule has 21 heavy (non-hydrogen) atoms. The molecule has 1 unspecified atom stereocenters. The van der Waals surface area contributed by atoms with Gasteiger partial charge in [0.15, 0.2) is 10.3 Å². The number of hydrogen-bond acceptors (Lipinski definition) is 3. The second-order valence-corrected chi connectivity index (χ2v) is 5.52. The van der Waals surface area contributed by atoms with E-state index in [1.165, 1.54) is 11.6 Å². The predicted molar refractivity (Wildman–Crippen MR) is 83.7 cm³/mol. The average Bonchev–Trinajstić information content (AvgIpc) is 2.48. The van der Waals surface area contributed by atoms with Gasteiger partial charge in [0.1, 0.15) is 0 Å². The molecule has 0 saturated carbocycles. The molecule has 1 amide bonds. The Bertz CT molecular complexity index is 620. The third kappa shape index (κ3) is 4.69. The molecule has 0 aliphatic rings. The van der Waals surface area contributed by atoms with Gasteiger partial charge in [-0.2, -0.15) is 0 Å². The summed E-state index contributed by atoms with van der Waals surface area (Å²) in [4.78, 5) is 12.1. The Kier molecular flexibility index (Phi) is 5.53. The van der Waals surface area contributed by atoms with Crippen molar-refractivity contribution in [3.63, 3.8) is 0 Å². The van der Waals surface area contributed by atoms with Crippen LogP contribution in [0.2, 0.25) is 10.3 Å². The molecule has 110 valence electrons. The lowest BCUT2D eigenvalue weighted by Gasteiger charge is -2.14. The molecule has 0 aliphatic carbocycles. The van der Waals surface area contributed by atoms with E-state index >= 15 is 0 Å². The van der Waals surface area contributed by atoms with Crippen LogP contribution in [0.5, 0.6) is 0 Å². The van der Waals surface area contributed by atoms with Crippen molar-refractivity contribution in [1.82, 2.24) is 15.5 Å². The summed E-state index contributed by atoms with van der Waals surface area (Å²) < 4.78 is 0. The van der Waals surface area contributed by atoms with E-state index in [-0.39, 0.29) is 27.8 Å². The zero-order valence-electron chi connectivity index (χ0n) is 11.5. The molecule has 0 radical (unpaired) electrons. The van der Waals surface area contributed by atoms with Crippen molar-refractivity contribution in [2.75, 3.05) is 0 Å². The first-order valence-corrected chi connectivity index (χ1v) is 7.35. The van der Waals surface area contributed by atoms with Crippen molar-refractivity contribution in [1.29, 1.82) is 0 Å². The van der Waals surface area contributed by atoms with Crippen LogP contribution in [0.4, 0.5) is 0 Å². The highest BCUT2D eigenvalue weighted by molar-refractivity contribution is 6.34. The van der Waals surface area contributed by atoms with E-state index in [4.69, 9.17) is 23.2 Å². The largest absolute Gasteiger partial charge is 0.349 e. The number of benzene rings is 1. The SMILES string of the molecule is CC(CCc1ccccc1)NC(=O)c1cc(Cl)nnc1Cl. The number of rotatable bonds is 5. The average molecular weight is 324 g/mol. The summed E-state index contributed by atoms with van der Waals surface area (Å²) in [5.74, 6) is -0.294. The normalized spacial score (nSPS) is 12.0. The van der Waals surface area contributed by atoms with Gasteiger partial charge in [-0.15, -0.1) is 10.2 Å². The van der Waals surface area contributed by atoms with Crippen LogP contribution in [0.1, 0.15) is 29.3 Å². The van der Waals surface area contributed by atoms with Gasteiger partial charge in [0, 0.05) is 6.04 Å². The Morgan fingerprint density at radius 1 is 1.24 bits per heavy atom. The first-order valence-electron chi connectivity index (χ1n) is 6.60. The summed E-state index contributed by atoms with van der Waals surface area (Å²) >= 11 is 11.6. The number of hydrogen-bond donors (Lipinski definition) is 1. The van der Waals surface area contributed by atoms with E-state index in [0.717, 1.165) is 12.8 Å². The van der Waals surface area contributed by atoms with Crippen LogP contribution in [-0.4, -0.2) is 22.1 Å². The minimum absolute atomic E-state index is 0.0145. The third-order valence-corrected chi connectivity index (χ3v) is 3.51. The monoisotopic (exact) mass is 323 g/mol. The number of aromatic nitrogens is 2. The van der Waals surface area contributed by atoms with Gasteiger partial charge in [-0.3, -0.25) is 4.79 Å². The van der Waals surface area contributed by atoms with E-state index in [9.17, 15) is 4.79 Å². The Labute approximate surface area is 133 Å². The Hall–Kier alpha value is -1.65. The quantitative estimate of drug-likeness (QED) is 0.915. The molecule has 2 aromatic rings. The molecule has 1 aromatic heterocycles. The molecule has 0 fully saturated rings. The number of nitrogens with one attached hydrogen (secondary N) is 1. The zero-order chi connectivity index (χ0) is 15.2. The highest BCUT2D eigenvalue weighted by atomic mass is 35.5. The fourth-order valence-corrected chi connectivity index (χ4v) is 2.24. The molecule has 1 heterocycles. The lowest BCUT2D eigenvalue weighted by Crippen LogP contribution is -2.33. The maximum absolute atomic E-state index is 12.1. The third-order valence-electron chi connectivity index (χ3n) is 3.05. The van der Waals surface area contributed by atoms with Crippen LogP contribution >= 0.6 is 23.2 Å². The Balaban J connectivity index is 1.91. The first-order chi connectivity index (χ1) is 10.1. The smallest absolute Gasteiger partial charge is 0.254 e. The van der Waals surface area contributed by atoms with Crippen LogP contribution in [0.3, 0.4) is 0 Å².